The average Bonchev–Trinajstić information content (AvgIpc) is 3.22. The molecule has 2 aromatic rings. The molecule has 140 valence electrons. The van der Waals surface area contributed by atoms with Gasteiger partial charge in [0.25, 0.3) is 0 Å². The van der Waals surface area contributed by atoms with Crippen molar-refractivity contribution in [2.24, 2.45) is 7.05 Å². The van der Waals surface area contributed by atoms with Crippen molar-refractivity contribution in [2.75, 3.05) is 25.5 Å². The van der Waals surface area contributed by atoms with E-state index in [1.54, 1.807) is 29.8 Å². The number of carbonyl (C=O) groups is 2. The van der Waals surface area contributed by atoms with Crippen LogP contribution in [0.4, 0.5) is 14.7 Å². The van der Waals surface area contributed by atoms with Crippen molar-refractivity contribution in [3.05, 3.63) is 16.7 Å². The Bertz CT molecular complexity index is 798. The Kier molecular flexibility index (Phi) is 5.62. The maximum absolute atomic E-state index is 12.2. The fourth-order valence-electron chi connectivity index (χ4n) is 2.76. The molecule has 0 atom stereocenters. The summed E-state index contributed by atoms with van der Waals surface area (Å²) in [5.74, 6) is 0.640. The summed E-state index contributed by atoms with van der Waals surface area (Å²) in [6.45, 7) is 1.23. The number of rotatable bonds is 3. The third-order valence-electron chi connectivity index (χ3n) is 4.22. The van der Waals surface area contributed by atoms with E-state index in [1.807, 2.05) is 5.38 Å². The van der Waals surface area contributed by atoms with Gasteiger partial charge in [0.2, 0.25) is 0 Å². The molecule has 0 bridgehead atoms. The van der Waals surface area contributed by atoms with Gasteiger partial charge in [0.15, 0.2) is 11.0 Å². The molecule has 9 nitrogen and oxygen atoms in total. The molecular formula is C15H20ClN7O2S. The number of urea groups is 2. The van der Waals surface area contributed by atoms with E-state index in [0.29, 0.717) is 34.9 Å². The number of piperidine rings is 1. The van der Waals surface area contributed by atoms with Crippen molar-refractivity contribution in [3.8, 4) is 11.5 Å². The molecule has 0 spiro atoms. The number of nitrogens with one attached hydrogen (secondary N) is 3. The zero-order chi connectivity index (χ0) is 18.7. The minimum atomic E-state index is -0.304. The second kappa shape index (κ2) is 7.92. The number of imidazole rings is 1. The van der Waals surface area contributed by atoms with E-state index in [0.717, 1.165) is 12.8 Å². The van der Waals surface area contributed by atoms with Crippen molar-refractivity contribution >= 4 is 40.1 Å². The summed E-state index contributed by atoms with van der Waals surface area (Å²) >= 11 is 7.31. The van der Waals surface area contributed by atoms with Gasteiger partial charge in [-0.3, -0.25) is 5.32 Å². The van der Waals surface area contributed by atoms with Crippen LogP contribution < -0.4 is 16.0 Å². The van der Waals surface area contributed by atoms with Crippen LogP contribution in [0.3, 0.4) is 0 Å². The number of likely N-dealkylation sites (tertiary alicyclic amines) is 1. The molecule has 3 heterocycles. The highest BCUT2D eigenvalue weighted by Crippen LogP contribution is 2.25. The molecule has 11 heteroatoms. The highest BCUT2D eigenvalue weighted by molar-refractivity contribution is 7.14. The van der Waals surface area contributed by atoms with Crippen LogP contribution in [-0.4, -0.2) is 57.7 Å². The first kappa shape index (κ1) is 18.5. The van der Waals surface area contributed by atoms with E-state index in [4.69, 9.17) is 11.6 Å². The van der Waals surface area contributed by atoms with E-state index in [9.17, 15) is 9.59 Å². The molecule has 4 amide bonds. The zero-order valence-electron chi connectivity index (χ0n) is 14.5. The van der Waals surface area contributed by atoms with Crippen molar-refractivity contribution < 1.29 is 9.59 Å². The van der Waals surface area contributed by atoms with E-state index >= 15 is 0 Å². The van der Waals surface area contributed by atoms with E-state index < -0.39 is 0 Å². The molecule has 1 aliphatic rings. The SMILES string of the molecule is CNC(=O)N1CCC(NC(=O)Nc2nc(-c3ncc(Cl)n3C)cs2)CC1. The second-order valence-corrected chi connectivity index (χ2v) is 7.16. The Morgan fingerprint density at radius 3 is 2.69 bits per heavy atom. The highest BCUT2D eigenvalue weighted by atomic mass is 35.5. The van der Waals surface area contributed by atoms with Gasteiger partial charge in [-0.25, -0.2) is 19.6 Å². The number of amides is 4. The largest absolute Gasteiger partial charge is 0.341 e. The van der Waals surface area contributed by atoms with Crippen LogP contribution in [0.2, 0.25) is 5.15 Å². The summed E-state index contributed by atoms with van der Waals surface area (Å²) in [5.41, 5.74) is 0.651. The van der Waals surface area contributed by atoms with Crippen LogP contribution >= 0.6 is 22.9 Å². The smallest absolute Gasteiger partial charge is 0.321 e. The topological polar surface area (TPSA) is 104 Å². The first-order valence-corrected chi connectivity index (χ1v) is 9.41. The molecule has 3 N–H and O–H groups in total. The first-order valence-electron chi connectivity index (χ1n) is 8.15. The molecule has 0 aliphatic carbocycles. The fourth-order valence-corrected chi connectivity index (χ4v) is 3.58. The number of nitrogens with zero attached hydrogens (tertiary/aromatic N) is 4. The average molecular weight is 398 g/mol. The molecule has 0 saturated carbocycles. The Morgan fingerprint density at radius 1 is 1.35 bits per heavy atom. The second-order valence-electron chi connectivity index (χ2n) is 5.92. The third kappa shape index (κ3) is 4.07. The van der Waals surface area contributed by atoms with E-state index in [2.05, 4.69) is 25.9 Å². The van der Waals surface area contributed by atoms with Gasteiger partial charge < -0.3 is 20.1 Å². The minimum Gasteiger partial charge on any atom is -0.341 e. The van der Waals surface area contributed by atoms with Crippen LogP contribution in [0, 0.1) is 0 Å². The quantitative estimate of drug-likeness (QED) is 0.737. The number of thiazole rings is 1. The molecular weight excluding hydrogens is 378 g/mol. The Hall–Kier alpha value is -2.33. The maximum atomic E-state index is 12.2. The molecule has 1 saturated heterocycles. The number of hydrogen-bond donors (Lipinski definition) is 3. The van der Waals surface area contributed by atoms with Gasteiger partial charge in [0, 0.05) is 38.6 Å². The molecule has 1 fully saturated rings. The predicted molar refractivity (Wildman–Crippen MR) is 101 cm³/mol. The summed E-state index contributed by atoms with van der Waals surface area (Å²) in [6.07, 6.45) is 2.99. The van der Waals surface area contributed by atoms with Gasteiger partial charge in [-0.15, -0.1) is 11.3 Å². The maximum Gasteiger partial charge on any atom is 0.321 e. The third-order valence-corrected chi connectivity index (χ3v) is 5.33. The monoisotopic (exact) mass is 397 g/mol. The normalized spacial score (nSPS) is 15.0. The summed E-state index contributed by atoms with van der Waals surface area (Å²) in [6, 6.07) is -0.358. The molecule has 1 aliphatic heterocycles. The Labute approximate surface area is 159 Å². The molecule has 0 radical (unpaired) electrons. The summed E-state index contributed by atoms with van der Waals surface area (Å²) in [7, 11) is 3.41. The molecule has 26 heavy (non-hydrogen) atoms. The van der Waals surface area contributed by atoms with Crippen molar-refractivity contribution in [1.29, 1.82) is 0 Å². The first-order chi connectivity index (χ1) is 12.5. The van der Waals surface area contributed by atoms with Crippen molar-refractivity contribution in [3.63, 3.8) is 0 Å². The lowest BCUT2D eigenvalue weighted by atomic mass is 10.1. The lowest BCUT2D eigenvalue weighted by molar-refractivity contribution is 0.179. The van der Waals surface area contributed by atoms with Gasteiger partial charge in [-0.2, -0.15) is 0 Å². The molecule has 2 aromatic heterocycles. The van der Waals surface area contributed by atoms with E-state index in [1.165, 1.54) is 11.3 Å². The van der Waals surface area contributed by atoms with Crippen LogP contribution in [0.25, 0.3) is 11.5 Å². The van der Waals surface area contributed by atoms with Crippen LogP contribution in [0.5, 0.6) is 0 Å². The summed E-state index contributed by atoms with van der Waals surface area (Å²) in [5, 5.41) is 11.1. The molecule has 3 rings (SSSR count). The Morgan fingerprint density at radius 2 is 2.08 bits per heavy atom. The lowest BCUT2D eigenvalue weighted by Gasteiger charge is -2.31. The minimum absolute atomic E-state index is 0.0312. The van der Waals surface area contributed by atoms with Gasteiger partial charge in [0.1, 0.15) is 10.8 Å². The summed E-state index contributed by atoms with van der Waals surface area (Å²) in [4.78, 5) is 34.1. The van der Waals surface area contributed by atoms with Gasteiger partial charge in [-0.1, -0.05) is 11.6 Å². The van der Waals surface area contributed by atoms with Gasteiger partial charge in [-0.05, 0) is 12.8 Å². The standard InChI is InChI=1S/C15H20ClN7O2S/c1-17-15(25)23-5-3-9(4-6-23)19-13(24)21-14-20-10(8-26-14)12-18-7-11(16)22(12)2/h7-9H,3-6H2,1-2H3,(H,17,25)(H2,19,20,21,24). The summed E-state index contributed by atoms with van der Waals surface area (Å²) < 4.78 is 1.72. The van der Waals surface area contributed by atoms with Crippen molar-refractivity contribution in [2.45, 2.75) is 18.9 Å². The van der Waals surface area contributed by atoms with Crippen LogP contribution in [-0.2, 0) is 7.05 Å². The molecule has 0 unspecified atom stereocenters. The van der Waals surface area contributed by atoms with Crippen LogP contribution in [0.1, 0.15) is 12.8 Å². The van der Waals surface area contributed by atoms with Gasteiger partial charge in [0.05, 0.1) is 6.20 Å². The number of hydrogen-bond acceptors (Lipinski definition) is 5. The number of halogens is 1. The van der Waals surface area contributed by atoms with Crippen LogP contribution in [0.15, 0.2) is 11.6 Å². The Balaban J connectivity index is 1.52. The highest BCUT2D eigenvalue weighted by Gasteiger charge is 2.23. The zero-order valence-corrected chi connectivity index (χ0v) is 16.0. The van der Waals surface area contributed by atoms with Crippen molar-refractivity contribution in [1.82, 2.24) is 30.1 Å². The number of anilines is 1. The fraction of sp³-hybridized carbons (Fsp3) is 0.467. The molecule has 0 aromatic carbocycles. The number of carbonyl (C=O) groups excluding carboxylic acids is 2. The lowest BCUT2D eigenvalue weighted by Crippen LogP contribution is -2.49. The number of aromatic nitrogens is 3. The van der Waals surface area contributed by atoms with Gasteiger partial charge >= 0.3 is 12.1 Å². The predicted octanol–water partition coefficient (Wildman–Crippen LogP) is 2.12. The van der Waals surface area contributed by atoms with E-state index in [-0.39, 0.29) is 18.1 Å².